The minimum atomic E-state index is 0. The van der Waals surface area contributed by atoms with E-state index < -0.39 is 0 Å². The van der Waals surface area contributed by atoms with Gasteiger partial charge in [-0.05, 0) is 11.3 Å². The molecule has 0 aromatic rings. The van der Waals surface area contributed by atoms with Crippen LogP contribution >= 0.6 is 0 Å². The van der Waals surface area contributed by atoms with Gasteiger partial charge in [-0.1, -0.05) is 95.4 Å². The first-order valence-electron chi connectivity index (χ1n) is 6.49. The Morgan fingerprint density at radius 2 is 1.00 bits per heavy atom. The maximum Gasteiger partial charge on any atom is -0.0334 e. The van der Waals surface area contributed by atoms with Crippen LogP contribution < -0.4 is 0 Å². The number of rotatable bonds is 5. The van der Waals surface area contributed by atoms with Crippen LogP contribution in [0.2, 0.25) is 0 Å². The number of hydrogen-bond acceptors (Lipinski definition) is 0. The molecule has 0 aliphatic carbocycles. The van der Waals surface area contributed by atoms with Crippen molar-refractivity contribution in [2.75, 3.05) is 0 Å². The third-order valence-electron chi connectivity index (χ3n) is 3.95. The molecule has 0 spiro atoms. The summed E-state index contributed by atoms with van der Waals surface area (Å²) in [5.41, 5.74) is 0.625. The molecule has 0 atom stereocenters. The van der Waals surface area contributed by atoms with Crippen LogP contribution in [-0.4, -0.2) is 0 Å². The molecule has 0 fully saturated rings. The molecule has 104 valence electrons. The van der Waals surface area contributed by atoms with E-state index in [4.69, 9.17) is 0 Å². The molecule has 0 rings (SSSR count). The van der Waals surface area contributed by atoms with E-state index in [9.17, 15) is 0 Å². The average Bonchev–Trinajstić information content (AvgIpc) is 2.27. The maximum absolute atomic E-state index is 2.35. The van der Waals surface area contributed by atoms with Crippen molar-refractivity contribution in [3.8, 4) is 0 Å². The van der Waals surface area contributed by atoms with E-state index in [1.54, 1.807) is 0 Å². The molecule has 0 aromatic carbocycles. The van der Waals surface area contributed by atoms with E-state index in [1.165, 1.54) is 32.1 Å². The summed E-state index contributed by atoms with van der Waals surface area (Å²) < 4.78 is 0. The highest BCUT2D eigenvalue weighted by Crippen LogP contribution is 2.28. The molecule has 0 heterocycles. The second-order valence-corrected chi connectivity index (χ2v) is 4.79. The lowest BCUT2D eigenvalue weighted by Crippen LogP contribution is -2.10. The molecule has 0 bridgehead atoms. The van der Waals surface area contributed by atoms with E-state index >= 15 is 0 Å². The fourth-order valence-electron chi connectivity index (χ4n) is 1.04. The molecular formula is C16H40. The van der Waals surface area contributed by atoms with Gasteiger partial charge in [-0.15, -0.1) is 0 Å². The Bertz CT molecular complexity index is 88.3. The Balaban J connectivity index is -0.0000000825. The summed E-state index contributed by atoms with van der Waals surface area (Å²) in [6, 6.07) is 0. The highest BCUT2D eigenvalue weighted by Gasteiger charge is 2.15. The standard InChI is InChI=1S/C8H18.C6H14.2CH4/c1-5-8(4,6-2)7-3;1-4-6(3)5-2;;/h5-7H2,1-4H3;6H,4-5H2,1-3H3;2*1H4. The van der Waals surface area contributed by atoms with Gasteiger partial charge < -0.3 is 0 Å². The highest BCUT2D eigenvalue weighted by molar-refractivity contribution is 4.67. The molecule has 0 unspecified atom stereocenters. The van der Waals surface area contributed by atoms with Crippen molar-refractivity contribution < 1.29 is 0 Å². The molecule has 0 saturated carbocycles. The summed E-state index contributed by atoms with van der Waals surface area (Å²) in [7, 11) is 0. The molecule has 0 N–H and O–H groups in total. The minimum absolute atomic E-state index is 0. The zero-order chi connectivity index (χ0) is 11.6. The van der Waals surface area contributed by atoms with Crippen LogP contribution in [0, 0.1) is 11.3 Å². The van der Waals surface area contributed by atoms with Gasteiger partial charge in [0.1, 0.15) is 0 Å². The van der Waals surface area contributed by atoms with Crippen LogP contribution in [0.15, 0.2) is 0 Å². The van der Waals surface area contributed by atoms with Crippen LogP contribution in [-0.2, 0) is 0 Å². The van der Waals surface area contributed by atoms with Crippen molar-refractivity contribution in [3.05, 3.63) is 0 Å². The van der Waals surface area contributed by atoms with Gasteiger partial charge in [0.2, 0.25) is 0 Å². The Morgan fingerprint density at radius 1 is 0.750 bits per heavy atom. The molecule has 0 nitrogen and oxygen atoms in total. The van der Waals surface area contributed by atoms with Gasteiger partial charge >= 0.3 is 0 Å². The molecule has 0 radical (unpaired) electrons. The second kappa shape index (κ2) is 15.0. The molecule has 0 aromatic heterocycles. The minimum Gasteiger partial charge on any atom is -0.0776 e. The Hall–Kier alpha value is 0. The largest absolute Gasteiger partial charge is 0.0776 e. The molecule has 0 saturated heterocycles. The normalized spacial score (nSPS) is 9.75. The van der Waals surface area contributed by atoms with Crippen molar-refractivity contribution in [1.29, 1.82) is 0 Å². The maximum atomic E-state index is 2.35. The first-order chi connectivity index (χ1) is 6.49. The fourth-order valence-corrected chi connectivity index (χ4v) is 1.04. The van der Waals surface area contributed by atoms with Gasteiger partial charge in [-0.3, -0.25) is 0 Å². The predicted molar refractivity (Wildman–Crippen MR) is 82.2 cm³/mol. The zero-order valence-electron chi connectivity index (χ0n) is 11.6. The predicted octanol–water partition coefficient (Wildman–Crippen LogP) is 6.94. The lowest BCUT2D eigenvalue weighted by Gasteiger charge is -2.23. The summed E-state index contributed by atoms with van der Waals surface area (Å²) in [5.74, 6) is 0.935. The van der Waals surface area contributed by atoms with Gasteiger partial charge in [-0.2, -0.15) is 0 Å². The molecule has 0 heteroatoms. The zero-order valence-corrected chi connectivity index (χ0v) is 11.6. The van der Waals surface area contributed by atoms with Crippen LogP contribution in [0.4, 0.5) is 0 Å². The van der Waals surface area contributed by atoms with Crippen molar-refractivity contribution in [3.63, 3.8) is 0 Å². The van der Waals surface area contributed by atoms with Crippen LogP contribution in [0.25, 0.3) is 0 Å². The van der Waals surface area contributed by atoms with E-state index in [1.807, 2.05) is 0 Å². The number of hydrogen-bond donors (Lipinski definition) is 0. The van der Waals surface area contributed by atoms with Gasteiger partial charge in [0.15, 0.2) is 0 Å². The third kappa shape index (κ3) is 14.0. The summed E-state index contributed by atoms with van der Waals surface area (Å²) in [5, 5.41) is 0. The summed E-state index contributed by atoms with van der Waals surface area (Å²) in [4.78, 5) is 0. The van der Waals surface area contributed by atoms with Gasteiger partial charge in [0.25, 0.3) is 0 Å². The molecule has 0 aliphatic heterocycles. The van der Waals surface area contributed by atoms with Crippen molar-refractivity contribution in [2.45, 2.75) is 95.4 Å². The van der Waals surface area contributed by atoms with Crippen molar-refractivity contribution in [2.24, 2.45) is 11.3 Å². The fraction of sp³-hybridized carbons (Fsp3) is 1.00. The summed E-state index contributed by atoms with van der Waals surface area (Å²) in [6.45, 7) is 15.9. The van der Waals surface area contributed by atoms with Crippen LogP contribution in [0.1, 0.15) is 95.4 Å². The summed E-state index contributed by atoms with van der Waals surface area (Å²) in [6.07, 6.45) is 6.62. The van der Waals surface area contributed by atoms with E-state index in [2.05, 4.69) is 48.5 Å². The quantitative estimate of drug-likeness (QED) is 0.481. The van der Waals surface area contributed by atoms with Gasteiger partial charge in [-0.25, -0.2) is 0 Å². The first kappa shape index (κ1) is 25.0. The lowest BCUT2D eigenvalue weighted by molar-refractivity contribution is 0.286. The second-order valence-electron chi connectivity index (χ2n) is 4.79. The third-order valence-corrected chi connectivity index (χ3v) is 3.95. The molecule has 0 aliphatic rings. The van der Waals surface area contributed by atoms with E-state index in [-0.39, 0.29) is 14.9 Å². The summed E-state index contributed by atoms with van der Waals surface area (Å²) >= 11 is 0. The lowest BCUT2D eigenvalue weighted by atomic mass is 9.82. The Kier molecular flexibility index (Phi) is 23.4. The van der Waals surface area contributed by atoms with E-state index in [0.717, 1.165) is 5.92 Å². The van der Waals surface area contributed by atoms with E-state index in [0.29, 0.717) is 5.41 Å². The van der Waals surface area contributed by atoms with Crippen molar-refractivity contribution in [1.82, 2.24) is 0 Å². The van der Waals surface area contributed by atoms with Gasteiger partial charge in [0, 0.05) is 0 Å². The monoisotopic (exact) mass is 232 g/mol. The van der Waals surface area contributed by atoms with Crippen molar-refractivity contribution >= 4 is 0 Å². The SMILES string of the molecule is C.C.CCC(C)(CC)CC.CCC(C)CC. The molecular weight excluding hydrogens is 192 g/mol. The smallest absolute Gasteiger partial charge is 0.0334 e. The van der Waals surface area contributed by atoms with Crippen LogP contribution in [0.5, 0.6) is 0 Å². The van der Waals surface area contributed by atoms with Gasteiger partial charge in [0.05, 0.1) is 0 Å². The average molecular weight is 232 g/mol. The van der Waals surface area contributed by atoms with Crippen LogP contribution in [0.3, 0.4) is 0 Å². The highest BCUT2D eigenvalue weighted by atomic mass is 14.2. The first-order valence-corrected chi connectivity index (χ1v) is 6.49. The Labute approximate surface area is 107 Å². The topological polar surface area (TPSA) is 0 Å². The molecule has 0 amide bonds. The Morgan fingerprint density at radius 3 is 1.00 bits per heavy atom. The molecule has 16 heavy (non-hydrogen) atoms.